The summed E-state index contributed by atoms with van der Waals surface area (Å²) in [6.07, 6.45) is 1.70. The molecule has 5 nitrogen and oxygen atoms in total. The number of nitrogens with zero attached hydrogens (tertiary/aromatic N) is 2. The molecule has 0 saturated heterocycles. The molecular weight excluding hydrogens is 304 g/mol. The zero-order valence-corrected chi connectivity index (χ0v) is 12.4. The number of hydrogen-bond acceptors (Lipinski definition) is 5. The van der Waals surface area contributed by atoms with Crippen LogP contribution in [0, 0.1) is 0 Å². The maximum Gasteiger partial charge on any atom is 0.224 e. The van der Waals surface area contributed by atoms with Crippen LogP contribution in [0.3, 0.4) is 0 Å². The molecule has 0 aromatic carbocycles. The van der Waals surface area contributed by atoms with Crippen LogP contribution in [0.1, 0.15) is 13.8 Å². The minimum atomic E-state index is -0.753. The highest BCUT2D eigenvalue weighted by molar-refractivity contribution is 9.10. The first-order valence-electron chi connectivity index (χ1n) is 5.52. The van der Waals surface area contributed by atoms with Crippen LogP contribution in [-0.4, -0.2) is 38.8 Å². The fraction of sp³-hybridized carbons (Fsp3) is 0.600. The summed E-state index contributed by atoms with van der Waals surface area (Å²) in [5.41, 5.74) is 0. The summed E-state index contributed by atoms with van der Waals surface area (Å²) in [5, 5.41) is 6.19. The average molecular weight is 321 g/mol. The Balaban J connectivity index is 2.56. The van der Waals surface area contributed by atoms with Gasteiger partial charge in [0.05, 0.1) is 4.47 Å². The van der Waals surface area contributed by atoms with Crippen LogP contribution in [0.4, 0.5) is 11.8 Å². The van der Waals surface area contributed by atoms with E-state index in [0.29, 0.717) is 24.0 Å². The van der Waals surface area contributed by atoms with E-state index in [0.717, 1.165) is 16.8 Å². The minimum absolute atomic E-state index is 0.592. The molecule has 0 spiro atoms. The van der Waals surface area contributed by atoms with Crippen LogP contribution in [0.15, 0.2) is 10.7 Å². The van der Waals surface area contributed by atoms with E-state index in [1.807, 2.05) is 13.8 Å². The normalized spacial score (nSPS) is 12.2. The second kappa shape index (κ2) is 7.60. The molecule has 0 bridgehead atoms. The zero-order chi connectivity index (χ0) is 12.7. The van der Waals surface area contributed by atoms with Gasteiger partial charge < -0.3 is 10.6 Å². The predicted octanol–water partition coefficient (Wildman–Crippen LogP) is 1.85. The molecule has 0 aliphatic heterocycles. The molecule has 1 aromatic heterocycles. The lowest BCUT2D eigenvalue weighted by Crippen LogP contribution is -2.14. The summed E-state index contributed by atoms with van der Waals surface area (Å²) in [6, 6.07) is 0. The van der Waals surface area contributed by atoms with E-state index < -0.39 is 10.8 Å². The summed E-state index contributed by atoms with van der Waals surface area (Å²) >= 11 is 3.37. The van der Waals surface area contributed by atoms with Crippen molar-refractivity contribution in [3.05, 3.63) is 10.7 Å². The number of aromatic nitrogens is 2. The lowest BCUT2D eigenvalue weighted by molar-refractivity contribution is 0.684. The van der Waals surface area contributed by atoms with Gasteiger partial charge in [-0.25, -0.2) is 4.98 Å². The van der Waals surface area contributed by atoms with Gasteiger partial charge in [-0.2, -0.15) is 4.98 Å². The maximum absolute atomic E-state index is 11.3. The average Bonchev–Trinajstić information content (AvgIpc) is 2.33. The molecule has 0 amide bonds. The molecule has 1 aromatic rings. The highest BCUT2D eigenvalue weighted by Crippen LogP contribution is 2.19. The van der Waals surface area contributed by atoms with Gasteiger partial charge in [-0.1, -0.05) is 6.92 Å². The first-order valence-corrected chi connectivity index (χ1v) is 7.80. The van der Waals surface area contributed by atoms with Crippen molar-refractivity contribution in [1.29, 1.82) is 0 Å². The highest BCUT2D eigenvalue weighted by Gasteiger charge is 2.04. The monoisotopic (exact) mass is 320 g/mol. The predicted molar refractivity (Wildman–Crippen MR) is 75.9 cm³/mol. The molecule has 1 rings (SSSR count). The largest absolute Gasteiger partial charge is 0.368 e. The van der Waals surface area contributed by atoms with E-state index in [4.69, 9.17) is 0 Å². The van der Waals surface area contributed by atoms with Gasteiger partial charge >= 0.3 is 0 Å². The quantitative estimate of drug-likeness (QED) is 0.802. The van der Waals surface area contributed by atoms with Crippen LogP contribution >= 0.6 is 15.9 Å². The second-order valence-corrected chi connectivity index (χ2v) is 6.00. The molecule has 1 atom stereocenters. The molecule has 0 aliphatic carbocycles. The van der Waals surface area contributed by atoms with Gasteiger partial charge in [0.15, 0.2) is 0 Å². The van der Waals surface area contributed by atoms with Gasteiger partial charge in [0, 0.05) is 41.6 Å². The van der Waals surface area contributed by atoms with E-state index in [-0.39, 0.29) is 0 Å². The van der Waals surface area contributed by atoms with Crippen LogP contribution in [0.5, 0.6) is 0 Å². The van der Waals surface area contributed by atoms with E-state index in [1.165, 1.54) is 0 Å². The van der Waals surface area contributed by atoms with Gasteiger partial charge in [-0.3, -0.25) is 4.21 Å². The van der Waals surface area contributed by atoms with Gasteiger partial charge in [0.2, 0.25) is 5.95 Å². The fourth-order valence-corrected chi connectivity index (χ4v) is 2.11. The molecule has 1 heterocycles. The van der Waals surface area contributed by atoms with Crippen molar-refractivity contribution >= 4 is 38.5 Å². The molecule has 7 heteroatoms. The van der Waals surface area contributed by atoms with E-state index in [1.54, 1.807) is 6.20 Å². The molecular formula is C10H17BrN4OS. The van der Waals surface area contributed by atoms with Crippen LogP contribution in [0.2, 0.25) is 0 Å². The third-order valence-corrected chi connectivity index (χ3v) is 3.91. The third-order valence-electron chi connectivity index (χ3n) is 2.02. The van der Waals surface area contributed by atoms with Gasteiger partial charge in [-0.15, -0.1) is 0 Å². The Morgan fingerprint density at radius 1 is 1.41 bits per heavy atom. The van der Waals surface area contributed by atoms with Crippen LogP contribution in [-0.2, 0) is 10.8 Å². The van der Waals surface area contributed by atoms with Gasteiger partial charge in [-0.05, 0) is 22.9 Å². The molecule has 2 N–H and O–H groups in total. The second-order valence-electron chi connectivity index (χ2n) is 3.28. The Bertz CT molecular complexity index is 389. The Labute approximate surface area is 112 Å². The molecule has 0 radical (unpaired) electrons. The van der Waals surface area contributed by atoms with Gasteiger partial charge in [0.25, 0.3) is 0 Å². The Morgan fingerprint density at radius 3 is 2.82 bits per heavy atom. The number of halogens is 1. The number of rotatable bonds is 7. The summed E-state index contributed by atoms with van der Waals surface area (Å²) < 4.78 is 12.1. The van der Waals surface area contributed by atoms with Crippen molar-refractivity contribution in [3.63, 3.8) is 0 Å². The molecule has 0 saturated carbocycles. The smallest absolute Gasteiger partial charge is 0.224 e. The zero-order valence-electron chi connectivity index (χ0n) is 9.99. The number of nitrogens with one attached hydrogen (secondary N) is 2. The highest BCUT2D eigenvalue weighted by atomic mass is 79.9. The molecule has 0 fully saturated rings. The van der Waals surface area contributed by atoms with Crippen molar-refractivity contribution in [2.24, 2.45) is 0 Å². The Morgan fingerprint density at radius 2 is 2.18 bits per heavy atom. The standard InChI is InChI=1S/C10H17BrN4OS/c1-3-12-10-14-7-8(11)9(15-10)13-5-6-17(16)4-2/h7H,3-6H2,1-2H3,(H2,12,13,14,15). The lowest BCUT2D eigenvalue weighted by Gasteiger charge is -2.08. The number of anilines is 2. The van der Waals surface area contributed by atoms with Crippen molar-refractivity contribution in [1.82, 2.24) is 9.97 Å². The summed E-state index contributed by atoms with van der Waals surface area (Å²) in [4.78, 5) is 8.42. The lowest BCUT2D eigenvalue weighted by atomic mass is 10.5. The van der Waals surface area contributed by atoms with Gasteiger partial charge in [0.1, 0.15) is 5.82 Å². The third kappa shape index (κ3) is 4.99. The summed E-state index contributed by atoms with van der Waals surface area (Å²) in [7, 11) is -0.753. The van der Waals surface area contributed by atoms with E-state index in [9.17, 15) is 4.21 Å². The summed E-state index contributed by atoms with van der Waals surface area (Å²) in [5.74, 6) is 2.64. The minimum Gasteiger partial charge on any atom is -0.368 e. The molecule has 17 heavy (non-hydrogen) atoms. The number of hydrogen-bond donors (Lipinski definition) is 2. The first kappa shape index (κ1) is 14.4. The van der Waals surface area contributed by atoms with Crippen LogP contribution < -0.4 is 10.6 Å². The van der Waals surface area contributed by atoms with Crippen molar-refractivity contribution < 1.29 is 4.21 Å². The molecule has 0 aliphatic rings. The maximum atomic E-state index is 11.3. The molecule has 1 unspecified atom stereocenters. The first-order chi connectivity index (χ1) is 8.17. The molecule has 96 valence electrons. The topological polar surface area (TPSA) is 66.9 Å². The Hall–Kier alpha value is -0.690. The fourth-order valence-electron chi connectivity index (χ4n) is 1.16. The Kier molecular flexibility index (Phi) is 6.43. The SMILES string of the molecule is CCNc1ncc(Br)c(NCCS(=O)CC)n1. The van der Waals surface area contributed by atoms with Crippen molar-refractivity contribution in [2.45, 2.75) is 13.8 Å². The summed E-state index contributed by atoms with van der Waals surface area (Å²) in [6.45, 7) is 5.32. The van der Waals surface area contributed by atoms with Crippen molar-refractivity contribution in [3.8, 4) is 0 Å². The van der Waals surface area contributed by atoms with E-state index in [2.05, 4.69) is 36.5 Å². The van der Waals surface area contributed by atoms with Crippen LogP contribution in [0.25, 0.3) is 0 Å². The van der Waals surface area contributed by atoms with E-state index >= 15 is 0 Å². The van der Waals surface area contributed by atoms with Crippen molar-refractivity contribution in [2.75, 3.05) is 35.2 Å².